The molecular weight excluding hydrogens is 440 g/mol. The molecule has 0 aliphatic carbocycles. The Bertz CT molecular complexity index is 1000. The minimum Gasteiger partial charge on any atom is -0.493 e. The minimum absolute atomic E-state index is 0.200. The van der Waals surface area contributed by atoms with Gasteiger partial charge in [0.2, 0.25) is 5.75 Å². The highest BCUT2D eigenvalue weighted by atomic mass is 79.9. The molecule has 0 aliphatic rings. The van der Waals surface area contributed by atoms with E-state index in [1.54, 1.807) is 18.2 Å². The quantitative estimate of drug-likeness (QED) is 0.545. The number of aromatic nitrogens is 2. The summed E-state index contributed by atoms with van der Waals surface area (Å²) in [4.78, 5) is 20.9. The summed E-state index contributed by atoms with van der Waals surface area (Å²) in [5.74, 6) is 1.39. The van der Waals surface area contributed by atoms with Crippen molar-refractivity contribution in [3.8, 4) is 17.2 Å². The van der Waals surface area contributed by atoms with E-state index in [4.69, 9.17) is 14.2 Å². The second-order valence-electron chi connectivity index (χ2n) is 5.79. The van der Waals surface area contributed by atoms with Gasteiger partial charge in [0.05, 0.1) is 21.3 Å². The van der Waals surface area contributed by atoms with Crippen molar-refractivity contribution in [3.05, 3.63) is 59.0 Å². The van der Waals surface area contributed by atoms with Crippen molar-refractivity contribution in [3.63, 3.8) is 0 Å². The molecule has 2 N–H and O–H groups in total. The molecule has 0 aliphatic heterocycles. The van der Waals surface area contributed by atoms with Gasteiger partial charge in [-0.1, -0.05) is 22.0 Å². The third-order valence-corrected chi connectivity index (χ3v) is 4.41. The zero-order valence-electron chi connectivity index (χ0n) is 16.0. The number of benzene rings is 2. The molecule has 29 heavy (non-hydrogen) atoms. The van der Waals surface area contributed by atoms with Gasteiger partial charge >= 0.3 is 0 Å². The summed E-state index contributed by atoms with van der Waals surface area (Å²) in [5.41, 5.74) is 1.50. The lowest BCUT2D eigenvalue weighted by atomic mass is 10.2. The topological polar surface area (TPSA) is 94.6 Å². The number of hydrogen-bond acceptors (Lipinski definition) is 7. The van der Waals surface area contributed by atoms with Gasteiger partial charge in [0.15, 0.2) is 11.5 Å². The van der Waals surface area contributed by atoms with Crippen molar-refractivity contribution in [2.45, 2.75) is 0 Å². The van der Waals surface area contributed by atoms with Gasteiger partial charge in [-0.05, 0) is 18.2 Å². The highest BCUT2D eigenvalue weighted by molar-refractivity contribution is 9.10. The van der Waals surface area contributed by atoms with Crippen molar-refractivity contribution < 1.29 is 19.0 Å². The molecule has 1 amide bonds. The van der Waals surface area contributed by atoms with Gasteiger partial charge in [-0.15, -0.1) is 0 Å². The largest absolute Gasteiger partial charge is 0.493 e. The lowest BCUT2D eigenvalue weighted by Gasteiger charge is -2.14. The fourth-order valence-electron chi connectivity index (χ4n) is 2.61. The van der Waals surface area contributed by atoms with Crippen LogP contribution in [0.4, 0.5) is 17.2 Å². The van der Waals surface area contributed by atoms with Gasteiger partial charge in [-0.3, -0.25) is 4.79 Å². The van der Waals surface area contributed by atoms with Crippen LogP contribution in [-0.4, -0.2) is 37.2 Å². The molecule has 0 radical (unpaired) electrons. The molecule has 0 bridgehead atoms. The van der Waals surface area contributed by atoms with Gasteiger partial charge in [0.1, 0.15) is 17.8 Å². The maximum Gasteiger partial charge on any atom is 0.274 e. The van der Waals surface area contributed by atoms with E-state index in [1.165, 1.54) is 27.7 Å². The number of methoxy groups -OCH3 is 3. The first kappa shape index (κ1) is 20.4. The fourth-order valence-corrected chi connectivity index (χ4v) is 3.01. The second-order valence-corrected chi connectivity index (χ2v) is 6.71. The summed E-state index contributed by atoms with van der Waals surface area (Å²) in [6, 6.07) is 12.4. The van der Waals surface area contributed by atoms with Crippen LogP contribution in [0, 0.1) is 0 Å². The Morgan fingerprint density at radius 2 is 1.66 bits per heavy atom. The molecule has 0 atom stereocenters. The number of ether oxygens (including phenoxy) is 3. The first-order chi connectivity index (χ1) is 14.0. The SMILES string of the molecule is COc1cc(NC(=O)c2cc(Nc3cccc(Br)c3)ncn2)cc(OC)c1OC. The highest BCUT2D eigenvalue weighted by Crippen LogP contribution is 2.40. The van der Waals surface area contributed by atoms with Crippen LogP contribution in [0.2, 0.25) is 0 Å². The third-order valence-electron chi connectivity index (χ3n) is 3.92. The summed E-state index contributed by atoms with van der Waals surface area (Å²) in [6.45, 7) is 0. The van der Waals surface area contributed by atoms with Gasteiger partial charge in [-0.25, -0.2) is 9.97 Å². The van der Waals surface area contributed by atoms with E-state index < -0.39 is 5.91 Å². The summed E-state index contributed by atoms with van der Waals surface area (Å²) in [6.07, 6.45) is 1.32. The van der Waals surface area contributed by atoms with Crippen molar-refractivity contribution in [1.82, 2.24) is 9.97 Å². The number of halogens is 1. The number of carbonyl (C=O) groups is 1. The van der Waals surface area contributed by atoms with Crippen LogP contribution in [0.5, 0.6) is 17.2 Å². The maximum atomic E-state index is 12.7. The first-order valence-electron chi connectivity index (χ1n) is 8.50. The lowest BCUT2D eigenvalue weighted by Crippen LogP contribution is -2.14. The van der Waals surface area contributed by atoms with Crippen molar-refractivity contribution in [2.75, 3.05) is 32.0 Å². The molecule has 0 spiro atoms. The Balaban J connectivity index is 1.81. The van der Waals surface area contributed by atoms with E-state index in [1.807, 2.05) is 24.3 Å². The zero-order valence-corrected chi connectivity index (χ0v) is 17.6. The monoisotopic (exact) mass is 458 g/mol. The van der Waals surface area contributed by atoms with Crippen LogP contribution in [-0.2, 0) is 0 Å². The van der Waals surface area contributed by atoms with E-state index in [2.05, 4.69) is 36.5 Å². The van der Waals surface area contributed by atoms with E-state index in [0.29, 0.717) is 28.8 Å². The van der Waals surface area contributed by atoms with E-state index in [9.17, 15) is 4.79 Å². The molecule has 3 aromatic rings. The predicted octanol–water partition coefficient (Wildman–Crippen LogP) is 4.26. The van der Waals surface area contributed by atoms with E-state index in [0.717, 1.165) is 10.2 Å². The Hall–Kier alpha value is -3.33. The summed E-state index contributed by atoms with van der Waals surface area (Å²) < 4.78 is 16.8. The van der Waals surface area contributed by atoms with Crippen molar-refractivity contribution >= 4 is 39.0 Å². The van der Waals surface area contributed by atoms with Crippen molar-refractivity contribution in [1.29, 1.82) is 0 Å². The predicted molar refractivity (Wildman–Crippen MR) is 114 cm³/mol. The van der Waals surface area contributed by atoms with Crippen LogP contribution in [0.25, 0.3) is 0 Å². The molecule has 0 saturated carbocycles. The number of rotatable bonds is 7. The van der Waals surface area contributed by atoms with Crippen LogP contribution in [0.3, 0.4) is 0 Å². The number of amides is 1. The molecule has 8 nitrogen and oxygen atoms in total. The van der Waals surface area contributed by atoms with E-state index in [-0.39, 0.29) is 5.69 Å². The minimum atomic E-state index is -0.404. The molecule has 3 rings (SSSR count). The van der Waals surface area contributed by atoms with Crippen LogP contribution in [0.1, 0.15) is 10.5 Å². The average Bonchev–Trinajstić information content (AvgIpc) is 2.73. The smallest absolute Gasteiger partial charge is 0.274 e. The summed E-state index contributed by atoms with van der Waals surface area (Å²) in [7, 11) is 4.53. The summed E-state index contributed by atoms with van der Waals surface area (Å²) in [5, 5.41) is 5.92. The Morgan fingerprint density at radius 3 is 2.28 bits per heavy atom. The molecular formula is C20H19BrN4O4. The lowest BCUT2D eigenvalue weighted by molar-refractivity contribution is 0.102. The molecule has 0 saturated heterocycles. The molecule has 0 fully saturated rings. The van der Waals surface area contributed by atoms with Crippen LogP contribution in [0.15, 0.2) is 53.3 Å². The summed E-state index contributed by atoms with van der Waals surface area (Å²) >= 11 is 3.42. The molecule has 9 heteroatoms. The van der Waals surface area contributed by atoms with Gasteiger partial charge in [-0.2, -0.15) is 0 Å². The van der Waals surface area contributed by atoms with Crippen LogP contribution < -0.4 is 24.8 Å². The Morgan fingerprint density at radius 1 is 0.931 bits per heavy atom. The number of anilines is 3. The number of nitrogens with one attached hydrogen (secondary N) is 2. The maximum absolute atomic E-state index is 12.7. The number of hydrogen-bond donors (Lipinski definition) is 2. The fraction of sp³-hybridized carbons (Fsp3) is 0.150. The average molecular weight is 459 g/mol. The number of nitrogens with zero attached hydrogens (tertiary/aromatic N) is 2. The van der Waals surface area contributed by atoms with Gasteiger partial charge < -0.3 is 24.8 Å². The molecule has 1 aromatic heterocycles. The normalized spacial score (nSPS) is 10.2. The molecule has 150 valence electrons. The molecule has 1 heterocycles. The van der Waals surface area contributed by atoms with Gasteiger partial charge in [0, 0.05) is 34.0 Å². The van der Waals surface area contributed by atoms with Crippen LogP contribution >= 0.6 is 15.9 Å². The second kappa shape index (κ2) is 9.24. The first-order valence-corrected chi connectivity index (χ1v) is 9.29. The zero-order chi connectivity index (χ0) is 20.8. The molecule has 0 unspecified atom stereocenters. The Kier molecular flexibility index (Phi) is 6.50. The standard InChI is InChI=1S/C20H19BrN4O4/c1-27-16-8-14(9-17(28-2)19(16)29-3)25-20(26)15-10-18(23-11-22-15)24-13-6-4-5-12(21)7-13/h4-11H,1-3H3,(H,25,26)(H,22,23,24). The van der Waals surface area contributed by atoms with Gasteiger partial charge in [0.25, 0.3) is 5.91 Å². The van der Waals surface area contributed by atoms with E-state index >= 15 is 0 Å². The van der Waals surface area contributed by atoms with Crippen molar-refractivity contribution in [2.24, 2.45) is 0 Å². The molecule has 2 aromatic carbocycles. The number of carbonyl (C=O) groups excluding carboxylic acids is 1. The Labute approximate surface area is 176 Å². The third kappa shape index (κ3) is 4.94. The highest BCUT2D eigenvalue weighted by Gasteiger charge is 2.16.